The van der Waals surface area contributed by atoms with E-state index < -0.39 is 0 Å². The van der Waals surface area contributed by atoms with Crippen molar-refractivity contribution in [2.24, 2.45) is 0 Å². The van der Waals surface area contributed by atoms with Gasteiger partial charge in [0.05, 0.1) is 17.9 Å². The van der Waals surface area contributed by atoms with E-state index in [0.29, 0.717) is 30.3 Å². The average molecular weight is 269 g/mol. The number of ether oxygens (including phenoxy) is 1. The number of nitrogens with zero attached hydrogens (tertiary/aromatic N) is 1. The molecule has 0 bridgehead atoms. The van der Waals surface area contributed by atoms with Crippen molar-refractivity contribution >= 4 is 23.1 Å². The molecule has 2 aromatic rings. The molecule has 5 heteroatoms. The second-order valence-electron chi connectivity index (χ2n) is 4.49. The minimum atomic E-state index is -0.189. The predicted molar refractivity (Wildman–Crippen MR) is 79.2 cm³/mol. The van der Waals surface area contributed by atoms with E-state index in [-0.39, 0.29) is 6.03 Å². The molecule has 3 rings (SSSR count). The van der Waals surface area contributed by atoms with Crippen LogP contribution in [-0.4, -0.2) is 19.2 Å². The minimum Gasteiger partial charge on any atom is -0.487 e. The lowest BCUT2D eigenvalue weighted by Crippen LogP contribution is -2.40. The first kappa shape index (κ1) is 12.3. The van der Waals surface area contributed by atoms with Crippen molar-refractivity contribution in [2.75, 3.05) is 29.1 Å². The second kappa shape index (κ2) is 5.13. The Morgan fingerprint density at radius 3 is 2.75 bits per heavy atom. The third-order valence-corrected chi connectivity index (χ3v) is 3.15. The van der Waals surface area contributed by atoms with Gasteiger partial charge >= 0.3 is 6.03 Å². The molecule has 1 aliphatic rings. The molecule has 1 aliphatic heterocycles. The van der Waals surface area contributed by atoms with Crippen LogP contribution in [0.25, 0.3) is 0 Å². The summed E-state index contributed by atoms with van der Waals surface area (Å²) in [6.07, 6.45) is 0. The maximum absolute atomic E-state index is 12.4. The van der Waals surface area contributed by atoms with E-state index in [1.807, 2.05) is 42.5 Å². The summed E-state index contributed by atoms with van der Waals surface area (Å²) in [6.45, 7) is 0.929. The van der Waals surface area contributed by atoms with Crippen LogP contribution in [0.1, 0.15) is 0 Å². The molecule has 5 nitrogen and oxygen atoms in total. The van der Waals surface area contributed by atoms with Crippen molar-refractivity contribution in [1.29, 1.82) is 0 Å². The highest BCUT2D eigenvalue weighted by molar-refractivity contribution is 6.03. The van der Waals surface area contributed by atoms with Crippen molar-refractivity contribution in [1.82, 2.24) is 0 Å². The molecule has 20 heavy (non-hydrogen) atoms. The molecule has 0 aromatic heterocycles. The summed E-state index contributed by atoms with van der Waals surface area (Å²) < 4.78 is 5.54. The Balaban J connectivity index is 1.86. The minimum absolute atomic E-state index is 0.189. The van der Waals surface area contributed by atoms with Gasteiger partial charge in [0.15, 0.2) is 5.75 Å². The van der Waals surface area contributed by atoms with Gasteiger partial charge in [0, 0.05) is 5.69 Å². The van der Waals surface area contributed by atoms with Gasteiger partial charge in [-0.15, -0.1) is 0 Å². The first-order valence-electron chi connectivity index (χ1n) is 6.40. The largest absolute Gasteiger partial charge is 0.487 e. The molecule has 0 saturated carbocycles. The van der Waals surface area contributed by atoms with Gasteiger partial charge in [-0.25, -0.2) is 4.79 Å². The highest BCUT2D eigenvalue weighted by Gasteiger charge is 2.24. The molecule has 1 heterocycles. The van der Waals surface area contributed by atoms with E-state index in [1.54, 1.807) is 11.0 Å². The molecule has 0 spiro atoms. The average Bonchev–Trinajstić information content (AvgIpc) is 2.48. The zero-order chi connectivity index (χ0) is 13.9. The molecule has 2 aromatic carbocycles. The van der Waals surface area contributed by atoms with Gasteiger partial charge in [-0.05, 0) is 24.3 Å². The van der Waals surface area contributed by atoms with Crippen LogP contribution in [0.15, 0.2) is 48.5 Å². The molecule has 0 aliphatic carbocycles. The summed E-state index contributed by atoms with van der Waals surface area (Å²) in [4.78, 5) is 14.0. The normalized spacial score (nSPS) is 13.3. The van der Waals surface area contributed by atoms with Crippen LogP contribution in [0.3, 0.4) is 0 Å². The van der Waals surface area contributed by atoms with Gasteiger partial charge in [0.25, 0.3) is 0 Å². The summed E-state index contributed by atoms with van der Waals surface area (Å²) in [7, 11) is 0. The van der Waals surface area contributed by atoms with Crippen LogP contribution in [0.2, 0.25) is 0 Å². The van der Waals surface area contributed by atoms with E-state index in [0.717, 1.165) is 5.69 Å². The number of rotatable bonds is 1. The monoisotopic (exact) mass is 269 g/mol. The number of carbonyl (C=O) groups is 1. The summed E-state index contributed by atoms with van der Waals surface area (Å²) >= 11 is 0. The van der Waals surface area contributed by atoms with Crippen LogP contribution in [0.5, 0.6) is 5.75 Å². The zero-order valence-corrected chi connectivity index (χ0v) is 10.9. The molecule has 3 N–H and O–H groups in total. The van der Waals surface area contributed by atoms with Crippen molar-refractivity contribution in [3.05, 3.63) is 48.5 Å². The first-order chi connectivity index (χ1) is 9.75. The lowest BCUT2D eigenvalue weighted by Gasteiger charge is -2.30. The van der Waals surface area contributed by atoms with Gasteiger partial charge in [0.1, 0.15) is 6.61 Å². The first-order valence-corrected chi connectivity index (χ1v) is 6.40. The van der Waals surface area contributed by atoms with Crippen molar-refractivity contribution in [2.45, 2.75) is 0 Å². The molecule has 0 fully saturated rings. The summed E-state index contributed by atoms with van der Waals surface area (Å²) in [5.74, 6) is 0.571. The molecule has 0 saturated heterocycles. The molecular weight excluding hydrogens is 254 g/mol. The maximum Gasteiger partial charge on any atom is 0.326 e. The Morgan fingerprint density at radius 2 is 1.95 bits per heavy atom. The molecule has 0 atom stereocenters. The van der Waals surface area contributed by atoms with Crippen molar-refractivity contribution in [3.8, 4) is 5.75 Å². The number of anilines is 3. The molecule has 0 unspecified atom stereocenters. The maximum atomic E-state index is 12.4. The Bertz CT molecular complexity index is 628. The fraction of sp³-hybridized carbons (Fsp3) is 0.133. The summed E-state index contributed by atoms with van der Waals surface area (Å²) in [5.41, 5.74) is 7.87. The van der Waals surface area contributed by atoms with E-state index in [2.05, 4.69) is 5.32 Å². The number of nitrogen functional groups attached to an aromatic ring is 1. The SMILES string of the molecule is Nc1cccc2c1OCCN2C(=O)Nc1ccccc1. The third kappa shape index (κ3) is 2.25. The van der Waals surface area contributed by atoms with Gasteiger partial charge in [-0.3, -0.25) is 4.90 Å². The number of benzene rings is 2. The highest BCUT2D eigenvalue weighted by Crippen LogP contribution is 2.36. The number of hydrogen-bond acceptors (Lipinski definition) is 3. The summed E-state index contributed by atoms with van der Waals surface area (Å²) in [6, 6.07) is 14.6. The lowest BCUT2D eigenvalue weighted by molar-refractivity contribution is 0.250. The zero-order valence-electron chi connectivity index (χ0n) is 10.9. The molecule has 0 radical (unpaired) electrons. The van der Waals surface area contributed by atoms with Crippen LogP contribution >= 0.6 is 0 Å². The number of carbonyl (C=O) groups excluding carboxylic acids is 1. The number of hydrogen-bond donors (Lipinski definition) is 2. The molecule has 2 amide bonds. The smallest absolute Gasteiger partial charge is 0.326 e. The fourth-order valence-electron chi connectivity index (χ4n) is 2.19. The number of nitrogens with two attached hydrogens (primary N) is 1. The number of nitrogens with one attached hydrogen (secondary N) is 1. The number of urea groups is 1. The van der Waals surface area contributed by atoms with Gasteiger partial charge in [-0.2, -0.15) is 0 Å². The van der Waals surface area contributed by atoms with Gasteiger partial charge in [-0.1, -0.05) is 24.3 Å². The molecular formula is C15H15N3O2. The number of fused-ring (bicyclic) bond motifs is 1. The topological polar surface area (TPSA) is 67.6 Å². The second-order valence-corrected chi connectivity index (χ2v) is 4.49. The Labute approximate surface area is 117 Å². The summed E-state index contributed by atoms with van der Waals surface area (Å²) in [5, 5.41) is 2.86. The predicted octanol–water partition coefficient (Wildman–Crippen LogP) is 2.70. The lowest BCUT2D eigenvalue weighted by atomic mass is 10.2. The Kier molecular flexibility index (Phi) is 3.16. The highest BCUT2D eigenvalue weighted by atomic mass is 16.5. The van der Waals surface area contributed by atoms with E-state index in [9.17, 15) is 4.79 Å². The Morgan fingerprint density at radius 1 is 1.15 bits per heavy atom. The number of amides is 2. The van der Waals surface area contributed by atoms with Gasteiger partial charge in [0.2, 0.25) is 0 Å². The van der Waals surface area contributed by atoms with Crippen molar-refractivity contribution in [3.63, 3.8) is 0 Å². The fourth-order valence-corrected chi connectivity index (χ4v) is 2.19. The Hall–Kier alpha value is -2.69. The van der Waals surface area contributed by atoms with E-state index >= 15 is 0 Å². The quantitative estimate of drug-likeness (QED) is 0.782. The van der Waals surface area contributed by atoms with Crippen molar-refractivity contribution < 1.29 is 9.53 Å². The standard InChI is InChI=1S/C15H15N3O2/c16-12-7-4-8-13-14(12)20-10-9-18(13)15(19)17-11-5-2-1-3-6-11/h1-8H,9-10,16H2,(H,17,19). The third-order valence-electron chi connectivity index (χ3n) is 3.15. The van der Waals surface area contributed by atoms with Crippen LogP contribution in [0.4, 0.5) is 21.9 Å². The van der Waals surface area contributed by atoms with Crippen LogP contribution < -0.4 is 20.7 Å². The van der Waals surface area contributed by atoms with E-state index in [4.69, 9.17) is 10.5 Å². The number of para-hydroxylation sites is 2. The van der Waals surface area contributed by atoms with E-state index in [1.165, 1.54) is 0 Å². The van der Waals surface area contributed by atoms with Crippen LogP contribution in [-0.2, 0) is 0 Å². The van der Waals surface area contributed by atoms with Gasteiger partial charge < -0.3 is 15.8 Å². The van der Waals surface area contributed by atoms with Crippen LogP contribution in [0, 0.1) is 0 Å². The molecule has 102 valence electrons.